The lowest BCUT2D eigenvalue weighted by Crippen LogP contribution is -2.07. The van der Waals surface area contributed by atoms with Gasteiger partial charge in [-0.15, -0.1) is 0 Å². The third-order valence-electron chi connectivity index (χ3n) is 3.00. The number of benzene rings is 2. The summed E-state index contributed by atoms with van der Waals surface area (Å²) in [5, 5.41) is 1.48. The lowest BCUT2D eigenvalue weighted by Gasteiger charge is -2.08. The van der Waals surface area contributed by atoms with Crippen LogP contribution in [-0.4, -0.2) is 25.2 Å². The molecule has 0 spiro atoms. The number of esters is 2. The van der Waals surface area contributed by atoms with Crippen molar-refractivity contribution >= 4 is 22.7 Å². The number of ether oxygens (including phenoxy) is 2. The zero-order valence-corrected chi connectivity index (χ0v) is 12.1. The SMILES string of the molecule is C=CCOC(=O)c1ccc2c(C(=O)OCC=C)cccc2c1. The predicted octanol–water partition coefficient (Wildman–Crippen LogP) is 3.53. The summed E-state index contributed by atoms with van der Waals surface area (Å²) < 4.78 is 10.1. The second-order valence-corrected chi connectivity index (χ2v) is 4.52. The molecule has 2 aromatic rings. The van der Waals surface area contributed by atoms with Crippen LogP contribution in [0.25, 0.3) is 10.8 Å². The van der Waals surface area contributed by atoms with Gasteiger partial charge in [-0.05, 0) is 29.0 Å². The first-order valence-corrected chi connectivity index (χ1v) is 6.76. The van der Waals surface area contributed by atoms with Crippen molar-refractivity contribution < 1.29 is 19.1 Å². The van der Waals surface area contributed by atoms with Crippen molar-refractivity contribution in [1.82, 2.24) is 0 Å². The minimum atomic E-state index is -0.429. The molecular weight excluding hydrogens is 280 g/mol. The third-order valence-corrected chi connectivity index (χ3v) is 3.00. The molecule has 0 radical (unpaired) electrons. The van der Waals surface area contributed by atoms with E-state index < -0.39 is 11.9 Å². The average molecular weight is 296 g/mol. The summed E-state index contributed by atoms with van der Waals surface area (Å²) >= 11 is 0. The Kier molecular flexibility index (Phi) is 5.09. The Morgan fingerprint density at radius 3 is 2.32 bits per heavy atom. The predicted molar refractivity (Wildman–Crippen MR) is 84.9 cm³/mol. The molecule has 112 valence electrons. The molecule has 0 atom stereocenters. The van der Waals surface area contributed by atoms with Crippen LogP contribution in [0.1, 0.15) is 20.7 Å². The van der Waals surface area contributed by atoms with Gasteiger partial charge in [0.05, 0.1) is 11.1 Å². The minimum absolute atomic E-state index is 0.154. The Morgan fingerprint density at radius 2 is 1.64 bits per heavy atom. The molecule has 0 aromatic heterocycles. The summed E-state index contributed by atoms with van der Waals surface area (Å²) in [6.45, 7) is 7.32. The van der Waals surface area contributed by atoms with Gasteiger partial charge in [-0.3, -0.25) is 0 Å². The average Bonchev–Trinajstić information content (AvgIpc) is 2.56. The molecule has 0 N–H and O–H groups in total. The molecule has 0 saturated carbocycles. The number of carbonyl (C=O) groups is 2. The summed E-state index contributed by atoms with van der Waals surface area (Å²) in [7, 11) is 0. The third kappa shape index (κ3) is 3.41. The molecule has 0 aliphatic carbocycles. The van der Waals surface area contributed by atoms with Gasteiger partial charge in [-0.25, -0.2) is 9.59 Å². The number of rotatable bonds is 6. The number of carbonyl (C=O) groups excluding carboxylic acids is 2. The molecule has 0 unspecified atom stereocenters. The van der Waals surface area contributed by atoms with Crippen LogP contribution in [0.15, 0.2) is 61.7 Å². The van der Waals surface area contributed by atoms with Crippen molar-refractivity contribution in [2.75, 3.05) is 13.2 Å². The molecule has 2 aromatic carbocycles. The van der Waals surface area contributed by atoms with Crippen LogP contribution in [-0.2, 0) is 9.47 Å². The zero-order chi connectivity index (χ0) is 15.9. The van der Waals surface area contributed by atoms with Gasteiger partial charge in [0.25, 0.3) is 0 Å². The fourth-order valence-corrected chi connectivity index (χ4v) is 2.02. The fraction of sp³-hybridized carbons (Fsp3) is 0.111. The maximum Gasteiger partial charge on any atom is 0.339 e. The van der Waals surface area contributed by atoms with Crippen LogP contribution in [0.3, 0.4) is 0 Å². The Balaban J connectivity index is 2.35. The van der Waals surface area contributed by atoms with Crippen LogP contribution in [0, 0.1) is 0 Å². The van der Waals surface area contributed by atoms with Gasteiger partial charge in [0.1, 0.15) is 13.2 Å². The highest BCUT2D eigenvalue weighted by Crippen LogP contribution is 2.21. The smallest absolute Gasteiger partial charge is 0.339 e. The molecule has 0 saturated heterocycles. The van der Waals surface area contributed by atoms with E-state index in [4.69, 9.17) is 9.47 Å². The van der Waals surface area contributed by atoms with Gasteiger partial charge in [0, 0.05) is 0 Å². The Hall–Kier alpha value is -2.88. The minimum Gasteiger partial charge on any atom is -0.458 e. The number of hydrogen-bond donors (Lipinski definition) is 0. The molecule has 0 amide bonds. The molecule has 0 heterocycles. The highest BCUT2D eigenvalue weighted by atomic mass is 16.5. The van der Waals surface area contributed by atoms with E-state index in [-0.39, 0.29) is 13.2 Å². The first-order chi connectivity index (χ1) is 10.7. The summed E-state index contributed by atoms with van der Waals surface area (Å²) in [5.74, 6) is -0.853. The van der Waals surface area contributed by atoms with Gasteiger partial charge in [0.15, 0.2) is 0 Å². The maximum absolute atomic E-state index is 12.0. The van der Waals surface area contributed by atoms with Gasteiger partial charge < -0.3 is 9.47 Å². The number of fused-ring (bicyclic) bond motifs is 1. The standard InChI is InChI=1S/C18H16O4/c1-3-10-21-17(19)14-8-9-15-13(12-14)6-5-7-16(15)18(20)22-11-4-2/h3-9,12H,1-2,10-11H2. The van der Waals surface area contributed by atoms with Gasteiger partial charge in [-0.2, -0.15) is 0 Å². The first-order valence-electron chi connectivity index (χ1n) is 6.76. The monoisotopic (exact) mass is 296 g/mol. The van der Waals surface area contributed by atoms with Crippen molar-refractivity contribution in [2.45, 2.75) is 0 Å². The van der Waals surface area contributed by atoms with Crippen molar-refractivity contribution in [1.29, 1.82) is 0 Å². The Bertz CT molecular complexity index is 731. The molecule has 4 heteroatoms. The van der Waals surface area contributed by atoms with E-state index in [0.29, 0.717) is 11.1 Å². The molecule has 22 heavy (non-hydrogen) atoms. The number of hydrogen-bond acceptors (Lipinski definition) is 4. The van der Waals surface area contributed by atoms with E-state index in [1.54, 1.807) is 30.3 Å². The highest BCUT2D eigenvalue weighted by Gasteiger charge is 2.13. The lowest BCUT2D eigenvalue weighted by molar-refractivity contribution is 0.0542. The highest BCUT2D eigenvalue weighted by molar-refractivity contribution is 6.06. The normalized spacial score (nSPS) is 10.0. The second kappa shape index (κ2) is 7.22. The van der Waals surface area contributed by atoms with Crippen LogP contribution in [0.4, 0.5) is 0 Å². The molecule has 0 bridgehead atoms. The summed E-state index contributed by atoms with van der Waals surface area (Å²) in [5.41, 5.74) is 0.872. The largest absolute Gasteiger partial charge is 0.458 e. The summed E-state index contributed by atoms with van der Waals surface area (Å²) in [6.07, 6.45) is 3.02. The molecule has 0 aliphatic heterocycles. The van der Waals surface area contributed by atoms with E-state index in [2.05, 4.69) is 13.2 Å². The summed E-state index contributed by atoms with van der Waals surface area (Å²) in [4.78, 5) is 23.8. The van der Waals surface area contributed by atoms with Crippen LogP contribution >= 0.6 is 0 Å². The van der Waals surface area contributed by atoms with Crippen molar-refractivity contribution in [3.8, 4) is 0 Å². The Morgan fingerprint density at radius 1 is 0.955 bits per heavy atom. The molecule has 4 nitrogen and oxygen atoms in total. The zero-order valence-electron chi connectivity index (χ0n) is 12.1. The molecular formula is C18H16O4. The molecule has 0 fully saturated rings. The van der Waals surface area contributed by atoms with E-state index in [9.17, 15) is 9.59 Å². The van der Waals surface area contributed by atoms with E-state index in [0.717, 1.165) is 10.8 Å². The lowest BCUT2D eigenvalue weighted by atomic mass is 10.0. The van der Waals surface area contributed by atoms with E-state index >= 15 is 0 Å². The summed E-state index contributed by atoms with van der Waals surface area (Å²) in [6, 6.07) is 10.3. The van der Waals surface area contributed by atoms with Crippen molar-refractivity contribution in [3.05, 3.63) is 72.8 Å². The maximum atomic E-state index is 12.0. The quantitative estimate of drug-likeness (QED) is 0.604. The van der Waals surface area contributed by atoms with Crippen molar-refractivity contribution in [3.63, 3.8) is 0 Å². The molecule has 2 rings (SSSR count). The van der Waals surface area contributed by atoms with Crippen molar-refractivity contribution in [2.24, 2.45) is 0 Å². The first kappa shape index (κ1) is 15.5. The van der Waals surface area contributed by atoms with Gasteiger partial charge in [0.2, 0.25) is 0 Å². The Labute approximate surface area is 128 Å². The van der Waals surface area contributed by atoms with Crippen LogP contribution in [0.5, 0.6) is 0 Å². The topological polar surface area (TPSA) is 52.6 Å². The van der Waals surface area contributed by atoms with E-state index in [1.165, 1.54) is 12.2 Å². The van der Waals surface area contributed by atoms with Gasteiger partial charge in [-0.1, -0.05) is 43.5 Å². The second-order valence-electron chi connectivity index (χ2n) is 4.52. The van der Waals surface area contributed by atoms with E-state index in [1.807, 2.05) is 6.07 Å². The van der Waals surface area contributed by atoms with Gasteiger partial charge >= 0.3 is 11.9 Å². The molecule has 0 aliphatic rings. The van der Waals surface area contributed by atoms with Crippen LogP contribution in [0.2, 0.25) is 0 Å². The van der Waals surface area contributed by atoms with Crippen LogP contribution < -0.4 is 0 Å². The fourth-order valence-electron chi connectivity index (χ4n) is 2.02.